The number of aryl methyl sites for hydroxylation is 1. The van der Waals surface area contributed by atoms with Gasteiger partial charge in [0, 0.05) is 32.7 Å². The maximum atomic E-state index is 12.7. The number of pyridine rings is 1. The third-order valence-electron chi connectivity index (χ3n) is 6.80. The van der Waals surface area contributed by atoms with Gasteiger partial charge in [-0.25, -0.2) is 9.69 Å². The molecule has 1 aromatic rings. The van der Waals surface area contributed by atoms with Crippen LogP contribution in [0.3, 0.4) is 0 Å². The zero-order valence-electron chi connectivity index (χ0n) is 25.1. The summed E-state index contributed by atoms with van der Waals surface area (Å²) in [6.07, 6.45) is 0.713. The summed E-state index contributed by atoms with van der Waals surface area (Å²) in [5, 5.41) is 2.70. The standard InChI is InChI=1S/C29H43N5O8/c1-6-39-25(35)17-32-11-12-33-18-27(37)42-29(5,20-33)34(19-26(36)40-7-2)16-24-14-22(13-23(15-32)31-24)9-8-10-30-28(38)41-21(3)4/h13-14H,3,6-12,15-20H2,1-2,4-5H3,(H,30,38). The highest BCUT2D eigenvalue weighted by atomic mass is 16.6. The molecule has 0 aliphatic carbocycles. The lowest BCUT2D eigenvalue weighted by atomic mass is 10.1. The fourth-order valence-corrected chi connectivity index (χ4v) is 5.05. The lowest BCUT2D eigenvalue weighted by Gasteiger charge is -2.46. The number of allylic oxidation sites excluding steroid dienone is 1. The molecular formula is C29H43N5O8. The average Bonchev–Trinajstić information content (AvgIpc) is 2.88. The first-order valence-corrected chi connectivity index (χ1v) is 14.3. The second-order valence-corrected chi connectivity index (χ2v) is 10.6. The van der Waals surface area contributed by atoms with E-state index in [9.17, 15) is 19.2 Å². The number of aromatic nitrogens is 1. The number of carbonyl (C=O) groups excluding carboxylic acids is 4. The Labute approximate surface area is 247 Å². The zero-order chi connectivity index (χ0) is 30.7. The Hall–Kier alpha value is -3.55. The first-order chi connectivity index (χ1) is 20.0. The van der Waals surface area contributed by atoms with E-state index >= 15 is 0 Å². The SMILES string of the molecule is C=C(C)OC(=O)NCCCc1cc2nc(c1)CN(CC(=O)OCC)C1(C)CN(CCN(CC(=O)OCC)C2)CC(=O)O1. The number of esters is 3. The lowest BCUT2D eigenvalue weighted by Crippen LogP contribution is -2.62. The smallest absolute Gasteiger partial charge is 0.412 e. The third kappa shape index (κ3) is 10.4. The second-order valence-electron chi connectivity index (χ2n) is 10.6. The van der Waals surface area contributed by atoms with Crippen molar-refractivity contribution in [2.45, 2.75) is 59.4 Å². The van der Waals surface area contributed by atoms with Crippen molar-refractivity contribution in [3.05, 3.63) is 41.4 Å². The third-order valence-corrected chi connectivity index (χ3v) is 6.80. The highest BCUT2D eigenvalue weighted by molar-refractivity contribution is 5.74. The van der Waals surface area contributed by atoms with E-state index in [1.807, 2.05) is 21.9 Å². The molecule has 2 aliphatic heterocycles. The van der Waals surface area contributed by atoms with Crippen LogP contribution in [-0.4, -0.2) is 108 Å². The zero-order valence-corrected chi connectivity index (χ0v) is 25.1. The average molecular weight is 590 g/mol. The highest BCUT2D eigenvalue weighted by Crippen LogP contribution is 2.26. The fourth-order valence-electron chi connectivity index (χ4n) is 5.05. The minimum Gasteiger partial charge on any atom is -0.465 e. The van der Waals surface area contributed by atoms with Crippen LogP contribution in [0.25, 0.3) is 0 Å². The molecule has 232 valence electrons. The van der Waals surface area contributed by atoms with E-state index in [1.165, 1.54) is 0 Å². The van der Waals surface area contributed by atoms with Crippen LogP contribution in [0.15, 0.2) is 24.5 Å². The maximum absolute atomic E-state index is 12.7. The van der Waals surface area contributed by atoms with Crippen molar-refractivity contribution >= 4 is 24.0 Å². The van der Waals surface area contributed by atoms with Crippen LogP contribution in [0.1, 0.15) is 51.1 Å². The molecule has 1 aromatic heterocycles. The van der Waals surface area contributed by atoms with Gasteiger partial charge in [0.2, 0.25) is 0 Å². The Morgan fingerprint density at radius 1 is 1.05 bits per heavy atom. The topological polar surface area (TPSA) is 140 Å². The Morgan fingerprint density at radius 2 is 1.71 bits per heavy atom. The molecule has 4 bridgehead atoms. The molecule has 13 nitrogen and oxygen atoms in total. The van der Waals surface area contributed by atoms with Crippen molar-refractivity contribution < 1.29 is 38.1 Å². The van der Waals surface area contributed by atoms with Crippen LogP contribution in [0.4, 0.5) is 4.79 Å². The summed E-state index contributed by atoms with van der Waals surface area (Å²) < 4.78 is 21.2. The molecule has 42 heavy (non-hydrogen) atoms. The van der Waals surface area contributed by atoms with Gasteiger partial charge in [-0.2, -0.15) is 0 Å². The van der Waals surface area contributed by atoms with Crippen molar-refractivity contribution in [1.82, 2.24) is 25.0 Å². The van der Waals surface area contributed by atoms with Crippen LogP contribution in [0.2, 0.25) is 0 Å². The number of fused-ring (bicyclic) bond motifs is 4. The number of ether oxygens (including phenoxy) is 4. The Morgan fingerprint density at radius 3 is 2.38 bits per heavy atom. The summed E-state index contributed by atoms with van der Waals surface area (Å²) in [6, 6.07) is 3.93. The summed E-state index contributed by atoms with van der Waals surface area (Å²) >= 11 is 0. The van der Waals surface area contributed by atoms with E-state index in [-0.39, 0.29) is 45.4 Å². The van der Waals surface area contributed by atoms with Crippen LogP contribution >= 0.6 is 0 Å². The van der Waals surface area contributed by atoms with Gasteiger partial charge in [-0.05, 0) is 58.2 Å². The molecule has 3 heterocycles. The molecule has 2 aliphatic rings. The number of hydrogen-bond acceptors (Lipinski definition) is 12. The summed E-state index contributed by atoms with van der Waals surface area (Å²) in [7, 11) is 0. The molecule has 1 saturated heterocycles. The van der Waals surface area contributed by atoms with Gasteiger partial charge in [0.15, 0.2) is 5.72 Å². The van der Waals surface area contributed by atoms with Crippen molar-refractivity contribution in [2.75, 3.05) is 59.0 Å². The summed E-state index contributed by atoms with van der Waals surface area (Å²) in [5.41, 5.74) is 1.29. The van der Waals surface area contributed by atoms with Crippen LogP contribution in [-0.2, 0) is 52.8 Å². The summed E-state index contributed by atoms with van der Waals surface area (Å²) in [6.45, 7) is 13.4. The van der Waals surface area contributed by atoms with E-state index < -0.39 is 23.8 Å². The summed E-state index contributed by atoms with van der Waals surface area (Å²) in [5.74, 6) is -0.850. The van der Waals surface area contributed by atoms with E-state index in [0.29, 0.717) is 57.0 Å². The molecule has 1 fully saturated rings. The van der Waals surface area contributed by atoms with Crippen LogP contribution in [0, 0.1) is 0 Å². The van der Waals surface area contributed by atoms with E-state index in [0.717, 1.165) is 11.3 Å². The number of rotatable bonds is 11. The summed E-state index contributed by atoms with van der Waals surface area (Å²) in [4.78, 5) is 60.2. The molecule has 0 radical (unpaired) electrons. The molecule has 1 N–H and O–H groups in total. The first kappa shape index (κ1) is 33.0. The molecule has 1 amide bonds. The van der Waals surface area contributed by atoms with Gasteiger partial charge in [-0.1, -0.05) is 6.58 Å². The highest BCUT2D eigenvalue weighted by Gasteiger charge is 2.43. The van der Waals surface area contributed by atoms with Gasteiger partial charge < -0.3 is 24.3 Å². The molecule has 2 atom stereocenters. The fraction of sp³-hybridized carbons (Fsp3) is 0.621. The Balaban J connectivity index is 1.91. The van der Waals surface area contributed by atoms with E-state index in [2.05, 4.69) is 11.9 Å². The number of amides is 1. The van der Waals surface area contributed by atoms with E-state index in [4.69, 9.17) is 23.9 Å². The molecule has 13 heteroatoms. The number of morpholine rings is 1. The largest absolute Gasteiger partial charge is 0.465 e. The van der Waals surface area contributed by atoms with Gasteiger partial charge in [0.25, 0.3) is 0 Å². The minimum absolute atomic E-state index is 0.0777. The normalized spacial score (nSPS) is 21.2. The number of nitrogens with one attached hydrogen (secondary N) is 1. The monoisotopic (exact) mass is 589 g/mol. The van der Waals surface area contributed by atoms with Gasteiger partial charge in [-0.15, -0.1) is 0 Å². The molecule has 0 saturated carbocycles. The quantitative estimate of drug-likeness (QED) is 0.174. The molecular weight excluding hydrogens is 546 g/mol. The number of nitrogens with zero attached hydrogens (tertiary/aromatic N) is 4. The maximum Gasteiger partial charge on any atom is 0.412 e. The van der Waals surface area contributed by atoms with Crippen LogP contribution < -0.4 is 5.32 Å². The Bertz CT molecular complexity index is 1150. The van der Waals surface area contributed by atoms with E-state index in [1.54, 1.807) is 32.6 Å². The van der Waals surface area contributed by atoms with Crippen LogP contribution in [0.5, 0.6) is 0 Å². The minimum atomic E-state index is -1.11. The molecule has 0 aromatic carbocycles. The van der Waals surface area contributed by atoms with Crippen molar-refractivity contribution in [2.24, 2.45) is 0 Å². The number of hydrogen-bond donors (Lipinski definition) is 1. The first-order valence-electron chi connectivity index (χ1n) is 14.3. The van der Waals surface area contributed by atoms with Gasteiger partial charge in [0.1, 0.15) is 6.54 Å². The van der Waals surface area contributed by atoms with Crippen molar-refractivity contribution in [3.8, 4) is 0 Å². The van der Waals surface area contributed by atoms with Gasteiger partial charge in [0.05, 0.1) is 50.0 Å². The van der Waals surface area contributed by atoms with Crippen molar-refractivity contribution in [1.29, 1.82) is 0 Å². The Kier molecular flexibility index (Phi) is 12.3. The number of alkyl carbamates (subject to hydrolysis) is 1. The second kappa shape index (κ2) is 15.6. The predicted octanol–water partition coefficient (Wildman–Crippen LogP) is 1.59. The molecule has 0 spiro atoms. The van der Waals surface area contributed by atoms with Crippen molar-refractivity contribution in [3.63, 3.8) is 0 Å². The van der Waals surface area contributed by atoms with Gasteiger partial charge in [-0.3, -0.25) is 29.2 Å². The number of carbonyl (C=O) groups is 4. The van der Waals surface area contributed by atoms with Gasteiger partial charge >= 0.3 is 24.0 Å². The predicted molar refractivity (Wildman–Crippen MR) is 152 cm³/mol. The lowest BCUT2D eigenvalue weighted by molar-refractivity contribution is -0.206. The molecule has 2 unspecified atom stereocenters. The molecule has 3 rings (SSSR count).